The Kier molecular flexibility index (Phi) is 6.21. The minimum Gasteiger partial charge on any atom is -0.314 e. The van der Waals surface area contributed by atoms with Gasteiger partial charge in [-0.15, -0.1) is 0 Å². The molecule has 0 aromatic heterocycles. The van der Waals surface area contributed by atoms with Gasteiger partial charge in [0.25, 0.3) is 0 Å². The summed E-state index contributed by atoms with van der Waals surface area (Å²) in [7, 11) is 2.14. The van der Waals surface area contributed by atoms with Crippen LogP contribution in [0.3, 0.4) is 0 Å². The summed E-state index contributed by atoms with van der Waals surface area (Å²) in [6, 6.07) is 0. The average Bonchev–Trinajstić information content (AvgIpc) is 2.35. The lowest BCUT2D eigenvalue weighted by Gasteiger charge is -2.38. The molecule has 0 aromatic carbocycles. The van der Waals surface area contributed by atoms with E-state index in [1.165, 1.54) is 50.6 Å². The summed E-state index contributed by atoms with van der Waals surface area (Å²) in [4.78, 5) is 2.51. The Morgan fingerprint density at radius 3 is 2.41 bits per heavy atom. The van der Waals surface area contributed by atoms with Gasteiger partial charge in [-0.3, -0.25) is 4.90 Å². The van der Waals surface area contributed by atoms with E-state index in [-0.39, 0.29) is 0 Å². The fourth-order valence-electron chi connectivity index (χ4n) is 2.96. The Bertz CT molecular complexity index is 229. The van der Waals surface area contributed by atoms with Crippen LogP contribution in [0.2, 0.25) is 0 Å². The van der Waals surface area contributed by atoms with Gasteiger partial charge in [0.15, 0.2) is 0 Å². The highest BCUT2D eigenvalue weighted by Gasteiger charge is 2.29. The van der Waals surface area contributed by atoms with Crippen molar-refractivity contribution in [1.29, 1.82) is 0 Å². The van der Waals surface area contributed by atoms with Crippen LogP contribution in [-0.2, 0) is 0 Å². The van der Waals surface area contributed by atoms with E-state index in [9.17, 15) is 0 Å². The predicted octanol–water partition coefficient (Wildman–Crippen LogP) is 3.20. The highest BCUT2D eigenvalue weighted by atomic mass is 15.1. The van der Waals surface area contributed by atoms with Crippen molar-refractivity contribution < 1.29 is 0 Å². The molecule has 17 heavy (non-hydrogen) atoms. The fraction of sp³-hybridized carbons (Fsp3) is 0.867. The van der Waals surface area contributed by atoms with E-state index in [1.54, 1.807) is 0 Å². The molecule has 0 saturated heterocycles. The van der Waals surface area contributed by atoms with Gasteiger partial charge in [-0.05, 0) is 39.8 Å². The van der Waals surface area contributed by atoms with E-state index in [4.69, 9.17) is 0 Å². The standard InChI is InChI=1S/C15H30N2/c1-5-17(13-14(2)3)12-11-15(16-4)9-7-6-8-10-15/h16H,2,5-13H2,1,3-4H3. The SMILES string of the molecule is C=C(C)CN(CC)CCC1(NC)CCCCC1. The molecular weight excluding hydrogens is 208 g/mol. The van der Waals surface area contributed by atoms with Crippen molar-refractivity contribution in [2.45, 2.75) is 57.9 Å². The Labute approximate surface area is 107 Å². The molecule has 1 N–H and O–H groups in total. The highest BCUT2D eigenvalue weighted by Crippen LogP contribution is 2.30. The van der Waals surface area contributed by atoms with Crippen molar-refractivity contribution in [3.8, 4) is 0 Å². The maximum Gasteiger partial charge on any atom is 0.0190 e. The van der Waals surface area contributed by atoms with E-state index < -0.39 is 0 Å². The lowest BCUT2D eigenvalue weighted by molar-refractivity contribution is 0.191. The molecule has 1 saturated carbocycles. The zero-order valence-corrected chi connectivity index (χ0v) is 12.0. The van der Waals surface area contributed by atoms with Gasteiger partial charge in [0, 0.05) is 18.6 Å². The van der Waals surface area contributed by atoms with Crippen LogP contribution < -0.4 is 5.32 Å². The summed E-state index contributed by atoms with van der Waals surface area (Å²) in [5.74, 6) is 0. The molecule has 0 heterocycles. The first kappa shape index (κ1) is 14.7. The van der Waals surface area contributed by atoms with Gasteiger partial charge in [-0.25, -0.2) is 0 Å². The molecule has 100 valence electrons. The normalized spacial score (nSPS) is 19.5. The van der Waals surface area contributed by atoms with Crippen molar-refractivity contribution in [2.24, 2.45) is 0 Å². The lowest BCUT2D eigenvalue weighted by Crippen LogP contribution is -2.47. The molecule has 0 bridgehead atoms. The summed E-state index contributed by atoms with van der Waals surface area (Å²) >= 11 is 0. The first-order chi connectivity index (χ1) is 8.12. The summed E-state index contributed by atoms with van der Waals surface area (Å²) in [6.07, 6.45) is 8.21. The molecule has 1 fully saturated rings. The number of likely N-dealkylation sites (N-methyl/N-ethyl adjacent to an activating group) is 1. The summed E-state index contributed by atoms with van der Waals surface area (Å²) < 4.78 is 0. The number of hydrogen-bond acceptors (Lipinski definition) is 2. The summed E-state index contributed by atoms with van der Waals surface area (Å²) in [5.41, 5.74) is 1.69. The first-order valence-corrected chi connectivity index (χ1v) is 7.17. The Morgan fingerprint density at radius 2 is 1.94 bits per heavy atom. The van der Waals surface area contributed by atoms with Crippen LogP contribution in [0.15, 0.2) is 12.2 Å². The molecule has 2 nitrogen and oxygen atoms in total. The molecule has 0 aliphatic heterocycles. The molecular formula is C15H30N2. The maximum absolute atomic E-state index is 4.02. The molecule has 0 radical (unpaired) electrons. The van der Waals surface area contributed by atoms with Crippen LogP contribution >= 0.6 is 0 Å². The Balaban J connectivity index is 2.42. The average molecular weight is 238 g/mol. The van der Waals surface area contributed by atoms with E-state index in [1.807, 2.05) is 0 Å². The zero-order valence-electron chi connectivity index (χ0n) is 12.0. The van der Waals surface area contributed by atoms with Gasteiger partial charge < -0.3 is 5.32 Å². The van der Waals surface area contributed by atoms with E-state index in [2.05, 4.69) is 37.7 Å². The quantitative estimate of drug-likeness (QED) is 0.685. The summed E-state index contributed by atoms with van der Waals surface area (Å²) in [5, 5.41) is 3.60. The third-order valence-corrected chi connectivity index (χ3v) is 4.19. The second kappa shape index (κ2) is 7.17. The van der Waals surface area contributed by atoms with Crippen molar-refractivity contribution in [2.75, 3.05) is 26.7 Å². The summed E-state index contributed by atoms with van der Waals surface area (Å²) in [6.45, 7) is 11.8. The molecule has 0 amide bonds. The van der Waals surface area contributed by atoms with Crippen molar-refractivity contribution >= 4 is 0 Å². The van der Waals surface area contributed by atoms with Gasteiger partial charge in [-0.2, -0.15) is 0 Å². The molecule has 0 aromatic rings. The predicted molar refractivity (Wildman–Crippen MR) is 76.4 cm³/mol. The van der Waals surface area contributed by atoms with Gasteiger partial charge in [0.2, 0.25) is 0 Å². The molecule has 1 aliphatic rings. The van der Waals surface area contributed by atoms with Crippen molar-refractivity contribution in [3.63, 3.8) is 0 Å². The van der Waals surface area contributed by atoms with Gasteiger partial charge in [0.05, 0.1) is 0 Å². The first-order valence-electron chi connectivity index (χ1n) is 7.17. The van der Waals surface area contributed by atoms with E-state index in [0.717, 1.165) is 13.1 Å². The van der Waals surface area contributed by atoms with Crippen LogP contribution in [0.5, 0.6) is 0 Å². The van der Waals surface area contributed by atoms with E-state index in [0.29, 0.717) is 5.54 Å². The monoisotopic (exact) mass is 238 g/mol. The number of hydrogen-bond donors (Lipinski definition) is 1. The molecule has 0 unspecified atom stereocenters. The molecule has 0 spiro atoms. The fourth-order valence-corrected chi connectivity index (χ4v) is 2.96. The topological polar surface area (TPSA) is 15.3 Å². The van der Waals surface area contributed by atoms with Crippen LogP contribution in [0.25, 0.3) is 0 Å². The molecule has 1 aliphatic carbocycles. The van der Waals surface area contributed by atoms with Crippen LogP contribution in [-0.4, -0.2) is 37.1 Å². The molecule has 0 atom stereocenters. The van der Waals surface area contributed by atoms with Gasteiger partial charge >= 0.3 is 0 Å². The zero-order chi connectivity index (χ0) is 12.7. The third-order valence-electron chi connectivity index (χ3n) is 4.19. The maximum atomic E-state index is 4.02. The number of nitrogens with one attached hydrogen (secondary N) is 1. The minimum absolute atomic E-state index is 0.417. The lowest BCUT2D eigenvalue weighted by atomic mass is 9.79. The second-order valence-corrected chi connectivity index (χ2v) is 5.67. The Hall–Kier alpha value is -0.340. The van der Waals surface area contributed by atoms with Gasteiger partial charge in [0.1, 0.15) is 0 Å². The van der Waals surface area contributed by atoms with Crippen LogP contribution in [0, 0.1) is 0 Å². The molecule has 2 heteroatoms. The van der Waals surface area contributed by atoms with E-state index >= 15 is 0 Å². The van der Waals surface area contributed by atoms with Crippen LogP contribution in [0.1, 0.15) is 52.4 Å². The van der Waals surface area contributed by atoms with Gasteiger partial charge in [-0.1, -0.05) is 38.3 Å². The number of nitrogens with zero attached hydrogens (tertiary/aromatic N) is 1. The largest absolute Gasteiger partial charge is 0.314 e. The van der Waals surface area contributed by atoms with Crippen LogP contribution in [0.4, 0.5) is 0 Å². The Morgan fingerprint density at radius 1 is 1.29 bits per heavy atom. The number of rotatable bonds is 7. The van der Waals surface area contributed by atoms with Crippen molar-refractivity contribution in [1.82, 2.24) is 10.2 Å². The third kappa shape index (κ3) is 4.81. The smallest absolute Gasteiger partial charge is 0.0190 e. The van der Waals surface area contributed by atoms with Crippen molar-refractivity contribution in [3.05, 3.63) is 12.2 Å². The minimum atomic E-state index is 0.417. The highest BCUT2D eigenvalue weighted by molar-refractivity contribution is 4.94. The second-order valence-electron chi connectivity index (χ2n) is 5.67. The molecule has 1 rings (SSSR count).